The van der Waals surface area contributed by atoms with Crippen molar-refractivity contribution in [2.75, 3.05) is 0 Å². The second-order valence-corrected chi connectivity index (χ2v) is 0.0833. The van der Waals surface area contributed by atoms with Gasteiger partial charge in [0.1, 0.15) is 0 Å². The van der Waals surface area contributed by atoms with Crippen molar-refractivity contribution in [3.63, 3.8) is 0 Å². The van der Waals surface area contributed by atoms with Crippen LogP contribution in [-0.2, 0) is 14.1 Å². The van der Waals surface area contributed by atoms with Crippen molar-refractivity contribution < 1.29 is 14.1 Å². The third-order valence-corrected chi connectivity index (χ3v) is 0. The summed E-state index contributed by atoms with van der Waals surface area (Å²) in [4.78, 5) is 16.2. The maximum atomic E-state index is 8.12. The molecule has 0 fully saturated rings. The molecule has 0 heterocycles. The molecule has 0 saturated heterocycles. The Morgan fingerprint density at radius 3 is 1.20 bits per heavy atom. The van der Waals surface area contributed by atoms with Gasteiger partial charge in [0, 0.05) is 0 Å². The first kappa shape index (κ1) is 8.84. The van der Waals surface area contributed by atoms with Crippen molar-refractivity contribution in [2.45, 2.75) is 0 Å². The van der Waals surface area contributed by atoms with Crippen molar-refractivity contribution in [1.82, 2.24) is 0 Å². The van der Waals surface area contributed by atoms with Crippen LogP contribution in [0.2, 0.25) is 0 Å². The van der Waals surface area contributed by atoms with Crippen molar-refractivity contribution in [2.24, 2.45) is 0 Å². The summed E-state index contributed by atoms with van der Waals surface area (Å²) in [6.07, 6.45) is 0.250. The van der Waals surface area contributed by atoms with E-state index in [1.807, 2.05) is 9.33 Å². The van der Waals surface area contributed by atoms with E-state index in [9.17, 15) is 0 Å². The van der Waals surface area contributed by atoms with Gasteiger partial charge in [-0.15, -0.1) is 0 Å². The van der Waals surface area contributed by atoms with E-state index in [1.165, 1.54) is 0 Å². The molecule has 4 heteroatoms. The Hall–Kier alpha value is -0.651. The molecule has 0 unspecified atom stereocenters. The van der Waals surface area contributed by atoms with E-state index in [4.69, 9.17) is 14.1 Å². The SMILES string of the molecule is O=C=O.[Be]=[O]. The summed E-state index contributed by atoms with van der Waals surface area (Å²) in [7, 11) is 2.00. The van der Waals surface area contributed by atoms with Gasteiger partial charge >= 0.3 is 20.0 Å². The normalized spacial score (nSPS) is 2.80. The fourth-order valence-electron chi connectivity index (χ4n) is 0. The van der Waals surface area contributed by atoms with E-state index < -0.39 is 0 Å². The van der Waals surface area contributed by atoms with Crippen LogP contribution in [-0.4, -0.2) is 15.5 Å². The number of carbonyl (C=O) groups excluding carboxylic acids is 2. The quantitative estimate of drug-likeness (QED) is 0.340. The Morgan fingerprint density at radius 1 is 1.20 bits per heavy atom. The molecule has 0 aromatic rings. The molecule has 0 radical (unpaired) electrons. The molecule has 0 aliphatic carbocycles. The summed E-state index contributed by atoms with van der Waals surface area (Å²) >= 11 is 0. The molecule has 24 valence electrons. The number of hydrogen-bond donors (Lipinski definition) is 0. The number of hydrogen-bond acceptors (Lipinski definition) is 3. The molecule has 0 saturated carbocycles. The van der Waals surface area contributed by atoms with Gasteiger partial charge in [0.25, 0.3) is 0 Å². The topological polar surface area (TPSA) is 51.2 Å². The molecular formula is CBeO3. The van der Waals surface area contributed by atoms with Crippen molar-refractivity contribution in [3.05, 3.63) is 0 Å². The molecule has 0 rings (SSSR count). The minimum absolute atomic E-state index is 0.250. The molecule has 0 bridgehead atoms. The van der Waals surface area contributed by atoms with Crippen molar-refractivity contribution >= 4 is 15.5 Å². The molecular weight excluding hydrogens is 69.0 g/mol. The summed E-state index contributed by atoms with van der Waals surface area (Å²) in [5.41, 5.74) is 0. The van der Waals surface area contributed by atoms with Gasteiger partial charge in [0.2, 0.25) is 0 Å². The molecule has 0 aliphatic heterocycles. The molecule has 0 atom stereocenters. The molecule has 0 aromatic heterocycles. The fourth-order valence-corrected chi connectivity index (χ4v) is 0. The summed E-state index contributed by atoms with van der Waals surface area (Å²) in [5.74, 6) is 0. The van der Waals surface area contributed by atoms with Gasteiger partial charge in [-0.05, 0) is 0 Å². The zero-order valence-electron chi connectivity index (χ0n) is 2.43. The summed E-state index contributed by atoms with van der Waals surface area (Å²) < 4.78 is 8.00. The molecule has 0 aliphatic rings. The fraction of sp³-hybridized carbons (Fsp3) is 0. The van der Waals surface area contributed by atoms with Crippen LogP contribution in [0.25, 0.3) is 0 Å². The van der Waals surface area contributed by atoms with Crippen LogP contribution in [0.1, 0.15) is 0 Å². The van der Waals surface area contributed by atoms with E-state index in [0.29, 0.717) is 0 Å². The van der Waals surface area contributed by atoms with Gasteiger partial charge in [0.05, 0.1) is 0 Å². The standard InChI is InChI=1S/CO2.Be.O/c2-1-3;;. The van der Waals surface area contributed by atoms with Crippen LogP contribution in [0.15, 0.2) is 0 Å². The van der Waals surface area contributed by atoms with Crippen LogP contribution < -0.4 is 0 Å². The second-order valence-electron chi connectivity index (χ2n) is 0.0833. The van der Waals surface area contributed by atoms with Crippen LogP contribution >= 0.6 is 0 Å². The van der Waals surface area contributed by atoms with Crippen LogP contribution in [0.4, 0.5) is 0 Å². The Balaban J connectivity index is 0. The van der Waals surface area contributed by atoms with Gasteiger partial charge < -0.3 is 0 Å². The first-order chi connectivity index (χ1) is 2.41. The van der Waals surface area contributed by atoms with E-state index in [0.717, 1.165) is 0 Å². The zero-order chi connectivity index (χ0) is 4.71. The summed E-state index contributed by atoms with van der Waals surface area (Å²) in [6, 6.07) is 0. The van der Waals surface area contributed by atoms with Crippen LogP contribution in [0.5, 0.6) is 0 Å². The van der Waals surface area contributed by atoms with E-state index in [2.05, 4.69) is 0 Å². The summed E-state index contributed by atoms with van der Waals surface area (Å²) in [6.45, 7) is 0. The Kier molecular flexibility index (Phi) is 268. The molecule has 0 N–H and O–H groups in total. The Morgan fingerprint density at radius 2 is 1.20 bits per heavy atom. The average Bonchev–Trinajstić information content (AvgIpc) is 1.46. The van der Waals surface area contributed by atoms with Gasteiger partial charge in [-0.2, -0.15) is 9.59 Å². The van der Waals surface area contributed by atoms with E-state index >= 15 is 0 Å². The van der Waals surface area contributed by atoms with Gasteiger partial charge in [-0.1, -0.05) is 0 Å². The van der Waals surface area contributed by atoms with Gasteiger partial charge in [0.15, 0.2) is 0 Å². The first-order valence-corrected chi connectivity index (χ1v) is 0.697. The number of rotatable bonds is 0. The van der Waals surface area contributed by atoms with Gasteiger partial charge in [-0.3, -0.25) is 0 Å². The Bertz CT molecular complexity index is 36.2. The van der Waals surface area contributed by atoms with Crippen LogP contribution in [0, 0.1) is 0 Å². The van der Waals surface area contributed by atoms with E-state index in [1.54, 1.807) is 0 Å². The first-order valence-electron chi connectivity index (χ1n) is 0.697. The third-order valence-electron chi connectivity index (χ3n) is 0. The van der Waals surface area contributed by atoms with E-state index in [-0.39, 0.29) is 6.15 Å². The average molecular weight is 69.0 g/mol. The monoisotopic (exact) mass is 69.0 g/mol. The molecule has 3 nitrogen and oxygen atoms in total. The molecule has 5 heavy (non-hydrogen) atoms. The maximum absolute atomic E-state index is 8.12. The minimum atomic E-state index is 0.250. The third kappa shape index (κ3) is 14.4. The van der Waals surface area contributed by atoms with Crippen molar-refractivity contribution in [3.8, 4) is 0 Å². The molecule has 0 aromatic carbocycles. The molecule has 0 amide bonds. The summed E-state index contributed by atoms with van der Waals surface area (Å²) in [5, 5.41) is 0. The predicted octanol–water partition coefficient (Wildman–Crippen LogP) is -1.08. The Labute approximate surface area is 30.8 Å². The zero-order valence-corrected chi connectivity index (χ0v) is 2.43. The second kappa shape index (κ2) is 152. The molecule has 0 spiro atoms. The van der Waals surface area contributed by atoms with Crippen molar-refractivity contribution in [1.29, 1.82) is 0 Å². The van der Waals surface area contributed by atoms with Crippen LogP contribution in [0.3, 0.4) is 0 Å². The predicted molar refractivity (Wildman–Crippen MR) is 11.4 cm³/mol. The van der Waals surface area contributed by atoms with Gasteiger partial charge in [-0.25, -0.2) is 0 Å².